The van der Waals surface area contributed by atoms with Gasteiger partial charge < -0.3 is 0 Å². The van der Waals surface area contributed by atoms with Gasteiger partial charge in [-0.05, 0) is 49.5 Å². The van der Waals surface area contributed by atoms with E-state index in [4.69, 9.17) is 0 Å². The van der Waals surface area contributed by atoms with Crippen molar-refractivity contribution in [3.05, 3.63) is 67.8 Å². The first-order chi connectivity index (χ1) is 7.36. The van der Waals surface area contributed by atoms with Gasteiger partial charge in [0.25, 0.3) is 0 Å². The Morgan fingerprint density at radius 2 is 1.80 bits per heavy atom. The third kappa shape index (κ3) is 2.75. The smallest absolute Gasteiger partial charge is 0.163 e. The quantitative estimate of drug-likeness (QED) is 0.693. The van der Waals surface area contributed by atoms with E-state index in [1.54, 1.807) is 37.4 Å². The van der Waals surface area contributed by atoms with Gasteiger partial charge in [-0.3, -0.25) is 9.78 Å². The minimum Gasteiger partial charge on any atom is -0.294 e. The normalized spacial score (nSPS) is 17.3. The lowest BCUT2D eigenvalue weighted by atomic mass is 10.0. The minimum absolute atomic E-state index is 0.0248. The number of hydrogen-bond donors (Lipinski definition) is 0. The Balaban J connectivity index is 1.96. The number of aromatic nitrogens is 1. The summed E-state index contributed by atoms with van der Waals surface area (Å²) in [5, 5.41) is 0. The van der Waals surface area contributed by atoms with Gasteiger partial charge in [0, 0.05) is 12.4 Å². The molecule has 0 atom stereocenters. The van der Waals surface area contributed by atoms with E-state index in [2.05, 4.69) is 4.98 Å². The van der Waals surface area contributed by atoms with Crippen molar-refractivity contribution in [2.75, 3.05) is 0 Å². The molecule has 1 aliphatic carbocycles. The number of carbonyl (C=O) groups is 1. The standard InChI is InChI=1S/C13H10NO/c15-13(12-3-1-2-4-12)6-5-11-7-9-14-10-8-11/h1-10H/b6-5+. The summed E-state index contributed by atoms with van der Waals surface area (Å²) >= 11 is 0. The van der Waals surface area contributed by atoms with Crippen molar-refractivity contribution in [3.63, 3.8) is 0 Å². The number of pyridine rings is 1. The van der Waals surface area contributed by atoms with Crippen LogP contribution < -0.4 is 0 Å². The van der Waals surface area contributed by atoms with Gasteiger partial charge in [0.05, 0.1) is 5.92 Å². The number of carbonyl (C=O) groups excluding carboxylic acids is 1. The first-order valence-electron chi connectivity index (χ1n) is 4.70. The van der Waals surface area contributed by atoms with Crippen LogP contribution in [0.2, 0.25) is 0 Å². The summed E-state index contributed by atoms with van der Waals surface area (Å²) in [4.78, 5) is 15.5. The maximum Gasteiger partial charge on any atom is 0.163 e. The summed E-state index contributed by atoms with van der Waals surface area (Å²) < 4.78 is 0. The van der Waals surface area contributed by atoms with E-state index in [1.165, 1.54) is 0 Å². The Kier molecular flexibility index (Phi) is 3.28. The molecule has 1 aliphatic rings. The highest BCUT2D eigenvalue weighted by atomic mass is 16.1. The number of rotatable bonds is 3. The van der Waals surface area contributed by atoms with Crippen LogP contribution in [-0.2, 0) is 4.79 Å². The molecule has 1 aromatic rings. The Hall–Kier alpha value is -1.44. The van der Waals surface area contributed by atoms with Crippen LogP contribution in [-0.4, -0.2) is 10.8 Å². The number of nitrogens with zero attached hydrogens (tertiary/aromatic N) is 1. The van der Waals surface area contributed by atoms with Crippen LogP contribution in [0.1, 0.15) is 5.56 Å². The molecule has 0 saturated heterocycles. The highest BCUT2D eigenvalue weighted by molar-refractivity contribution is 6.07. The second-order valence-corrected chi connectivity index (χ2v) is 3.15. The Bertz CT molecular complexity index is 350. The number of ketones is 1. The third-order valence-corrected chi connectivity index (χ3v) is 2.08. The molecule has 0 aromatic carbocycles. The van der Waals surface area contributed by atoms with Gasteiger partial charge in [0.15, 0.2) is 5.78 Å². The van der Waals surface area contributed by atoms with Crippen LogP contribution in [0.15, 0.2) is 30.6 Å². The molecule has 1 aromatic heterocycles. The molecule has 0 spiro atoms. The second kappa shape index (κ2) is 4.87. The average molecular weight is 196 g/mol. The van der Waals surface area contributed by atoms with Crippen molar-refractivity contribution in [2.24, 2.45) is 0 Å². The van der Waals surface area contributed by atoms with Gasteiger partial charge in [-0.25, -0.2) is 0 Å². The summed E-state index contributed by atoms with van der Waals surface area (Å²) in [7, 11) is 0. The van der Waals surface area contributed by atoms with Crippen molar-refractivity contribution < 1.29 is 4.79 Å². The molecule has 0 unspecified atom stereocenters. The Labute approximate surface area is 90.0 Å². The van der Waals surface area contributed by atoms with Crippen molar-refractivity contribution in [2.45, 2.75) is 0 Å². The topological polar surface area (TPSA) is 30.0 Å². The summed E-state index contributed by atoms with van der Waals surface area (Å²) in [5.74, 6) is 0.747. The van der Waals surface area contributed by atoms with Crippen molar-refractivity contribution in [1.29, 1.82) is 0 Å². The molecule has 1 heterocycles. The number of hydrogen-bond acceptors (Lipinski definition) is 2. The van der Waals surface area contributed by atoms with Gasteiger partial charge >= 0.3 is 0 Å². The maximum absolute atomic E-state index is 11.6. The van der Waals surface area contributed by atoms with E-state index in [0.29, 0.717) is 0 Å². The van der Waals surface area contributed by atoms with E-state index >= 15 is 0 Å². The van der Waals surface area contributed by atoms with Crippen LogP contribution in [0.3, 0.4) is 0 Å². The fourth-order valence-corrected chi connectivity index (χ4v) is 1.28. The summed E-state index contributed by atoms with van der Waals surface area (Å²) in [6.45, 7) is 0. The van der Waals surface area contributed by atoms with Crippen LogP contribution in [0.5, 0.6) is 0 Å². The lowest BCUT2D eigenvalue weighted by Crippen LogP contribution is -2.05. The molecule has 0 aliphatic heterocycles. The molecule has 1 fully saturated rings. The van der Waals surface area contributed by atoms with Crippen LogP contribution in [0.25, 0.3) is 6.08 Å². The lowest BCUT2D eigenvalue weighted by Gasteiger charge is -2.00. The highest BCUT2D eigenvalue weighted by Gasteiger charge is 2.22. The summed E-state index contributed by atoms with van der Waals surface area (Å²) in [6, 6.07) is 3.71. The van der Waals surface area contributed by atoms with Gasteiger partial charge in [-0.1, -0.05) is 6.08 Å². The predicted molar refractivity (Wildman–Crippen MR) is 58.7 cm³/mol. The summed E-state index contributed by atoms with van der Waals surface area (Å²) in [5.41, 5.74) is 0.977. The third-order valence-electron chi connectivity index (χ3n) is 2.08. The largest absolute Gasteiger partial charge is 0.294 e. The molecule has 2 rings (SSSR count). The molecule has 2 heteroatoms. The fourth-order valence-electron chi connectivity index (χ4n) is 1.28. The van der Waals surface area contributed by atoms with Crippen LogP contribution in [0, 0.1) is 31.6 Å². The van der Waals surface area contributed by atoms with E-state index in [1.807, 2.05) is 25.0 Å². The highest BCUT2D eigenvalue weighted by Crippen LogP contribution is 2.24. The zero-order chi connectivity index (χ0) is 10.5. The monoisotopic (exact) mass is 196 g/mol. The van der Waals surface area contributed by atoms with Crippen molar-refractivity contribution >= 4 is 11.9 Å². The zero-order valence-corrected chi connectivity index (χ0v) is 8.13. The average Bonchev–Trinajstić information content (AvgIpc) is 2.81. The van der Waals surface area contributed by atoms with E-state index in [-0.39, 0.29) is 5.78 Å². The Morgan fingerprint density at radius 3 is 2.47 bits per heavy atom. The molecular weight excluding hydrogens is 186 g/mol. The molecule has 0 bridgehead atoms. The molecule has 0 amide bonds. The summed E-state index contributed by atoms with van der Waals surface area (Å²) in [6.07, 6.45) is 14.1. The van der Waals surface area contributed by atoms with Crippen LogP contribution >= 0.6 is 0 Å². The number of allylic oxidation sites excluding steroid dienone is 1. The second-order valence-electron chi connectivity index (χ2n) is 3.15. The SMILES string of the molecule is O=C(/C=C/c1ccncc1)[C]1[CH][CH][CH][CH]1. The molecule has 0 N–H and O–H groups in total. The van der Waals surface area contributed by atoms with Gasteiger partial charge in [-0.15, -0.1) is 0 Å². The minimum atomic E-state index is 0.0248. The van der Waals surface area contributed by atoms with E-state index < -0.39 is 0 Å². The lowest BCUT2D eigenvalue weighted by molar-refractivity contribution is -0.112. The molecule has 15 heavy (non-hydrogen) atoms. The van der Waals surface area contributed by atoms with E-state index in [9.17, 15) is 4.79 Å². The van der Waals surface area contributed by atoms with Gasteiger partial charge in [-0.2, -0.15) is 0 Å². The molecule has 5 radical (unpaired) electrons. The Morgan fingerprint density at radius 1 is 1.13 bits per heavy atom. The first-order valence-corrected chi connectivity index (χ1v) is 4.70. The van der Waals surface area contributed by atoms with Gasteiger partial charge in [0.1, 0.15) is 0 Å². The maximum atomic E-state index is 11.6. The zero-order valence-electron chi connectivity index (χ0n) is 8.13. The fraction of sp³-hybridized carbons (Fsp3) is 0. The van der Waals surface area contributed by atoms with Gasteiger partial charge in [0.2, 0.25) is 0 Å². The first kappa shape index (κ1) is 10.1. The predicted octanol–water partition coefficient (Wildman–Crippen LogP) is 2.07. The van der Waals surface area contributed by atoms with Crippen molar-refractivity contribution in [1.82, 2.24) is 4.98 Å². The molecule has 73 valence electrons. The molecule has 1 saturated carbocycles. The van der Waals surface area contributed by atoms with Crippen molar-refractivity contribution in [3.8, 4) is 0 Å². The molecular formula is C13H10NO. The van der Waals surface area contributed by atoms with E-state index in [0.717, 1.165) is 11.5 Å². The van der Waals surface area contributed by atoms with Crippen LogP contribution in [0.4, 0.5) is 0 Å². The molecule has 2 nitrogen and oxygen atoms in total.